The Kier molecular flexibility index (Phi) is 4.94. The van der Waals surface area contributed by atoms with E-state index in [1.165, 1.54) is 5.56 Å². The minimum absolute atomic E-state index is 0.436. The van der Waals surface area contributed by atoms with Crippen molar-refractivity contribution < 1.29 is 0 Å². The SMILES string of the molecule is NC(=S)c1cc(-c2cccc(Br)c2)[nH]c1CCc1ccccc1. The molecule has 0 radical (unpaired) electrons. The number of aryl methyl sites for hydroxylation is 2. The van der Waals surface area contributed by atoms with Gasteiger partial charge < -0.3 is 10.7 Å². The second-order valence-electron chi connectivity index (χ2n) is 5.44. The Morgan fingerprint density at radius 1 is 1.00 bits per heavy atom. The minimum atomic E-state index is 0.436. The highest BCUT2D eigenvalue weighted by molar-refractivity contribution is 9.10. The summed E-state index contributed by atoms with van der Waals surface area (Å²) in [6, 6.07) is 20.7. The number of rotatable bonds is 5. The van der Waals surface area contributed by atoms with Gasteiger partial charge in [-0.15, -0.1) is 0 Å². The van der Waals surface area contributed by atoms with Crippen molar-refractivity contribution in [3.05, 3.63) is 82.0 Å². The maximum absolute atomic E-state index is 5.91. The summed E-state index contributed by atoms with van der Waals surface area (Å²) in [6.45, 7) is 0. The average Bonchev–Trinajstić information content (AvgIpc) is 2.98. The third-order valence-corrected chi connectivity index (χ3v) is 4.52. The van der Waals surface area contributed by atoms with Crippen molar-refractivity contribution in [1.82, 2.24) is 4.98 Å². The molecule has 0 aliphatic heterocycles. The molecule has 23 heavy (non-hydrogen) atoms. The molecule has 0 saturated heterocycles. The quantitative estimate of drug-likeness (QED) is 0.616. The van der Waals surface area contributed by atoms with E-state index < -0.39 is 0 Å². The number of aromatic nitrogens is 1. The van der Waals surface area contributed by atoms with Gasteiger partial charge in [0.2, 0.25) is 0 Å². The number of hydrogen-bond acceptors (Lipinski definition) is 1. The van der Waals surface area contributed by atoms with E-state index in [9.17, 15) is 0 Å². The molecule has 1 aromatic heterocycles. The van der Waals surface area contributed by atoms with Crippen LogP contribution in [0.1, 0.15) is 16.8 Å². The lowest BCUT2D eigenvalue weighted by molar-refractivity contribution is 0.924. The van der Waals surface area contributed by atoms with E-state index in [0.29, 0.717) is 4.99 Å². The molecule has 116 valence electrons. The molecule has 0 spiro atoms. The van der Waals surface area contributed by atoms with Crippen LogP contribution in [0.15, 0.2) is 65.1 Å². The van der Waals surface area contributed by atoms with Gasteiger partial charge in [-0.25, -0.2) is 0 Å². The predicted molar refractivity (Wildman–Crippen MR) is 104 cm³/mol. The number of nitrogens with one attached hydrogen (secondary N) is 1. The van der Waals surface area contributed by atoms with Crippen molar-refractivity contribution in [3.8, 4) is 11.3 Å². The fourth-order valence-electron chi connectivity index (χ4n) is 2.64. The van der Waals surface area contributed by atoms with Crippen molar-refractivity contribution in [2.24, 2.45) is 5.73 Å². The molecule has 0 saturated carbocycles. The van der Waals surface area contributed by atoms with Gasteiger partial charge in [-0.2, -0.15) is 0 Å². The lowest BCUT2D eigenvalue weighted by atomic mass is 10.1. The van der Waals surface area contributed by atoms with Gasteiger partial charge in [-0.05, 0) is 42.2 Å². The first kappa shape index (κ1) is 16.0. The molecule has 4 heteroatoms. The van der Waals surface area contributed by atoms with Crippen molar-refractivity contribution >= 4 is 33.1 Å². The first-order valence-electron chi connectivity index (χ1n) is 7.45. The maximum atomic E-state index is 5.91. The highest BCUT2D eigenvalue weighted by atomic mass is 79.9. The molecule has 3 rings (SSSR count). The first-order valence-corrected chi connectivity index (χ1v) is 8.65. The van der Waals surface area contributed by atoms with Crippen LogP contribution < -0.4 is 5.73 Å². The van der Waals surface area contributed by atoms with Crippen molar-refractivity contribution in [1.29, 1.82) is 0 Å². The van der Waals surface area contributed by atoms with Gasteiger partial charge in [0.05, 0.1) is 0 Å². The van der Waals surface area contributed by atoms with Crippen LogP contribution in [0, 0.1) is 0 Å². The van der Waals surface area contributed by atoms with E-state index in [1.54, 1.807) is 0 Å². The molecule has 1 heterocycles. The Morgan fingerprint density at radius 2 is 1.78 bits per heavy atom. The highest BCUT2D eigenvalue weighted by Crippen LogP contribution is 2.25. The Labute approximate surface area is 149 Å². The van der Waals surface area contributed by atoms with Crippen molar-refractivity contribution in [3.63, 3.8) is 0 Å². The van der Waals surface area contributed by atoms with Gasteiger partial charge >= 0.3 is 0 Å². The first-order chi connectivity index (χ1) is 11.1. The molecule has 0 unspecified atom stereocenters. The number of aromatic amines is 1. The number of nitrogens with two attached hydrogens (primary N) is 1. The van der Waals surface area contributed by atoms with Gasteiger partial charge in [0.1, 0.15) is 4.99 Å². The molecule has 2 nitrogen and oxygen atoms in total. The van der Waals surface area contributed by atoms with Crippen LogP contribution in [0.3, 0.4) is 0 Å². The van der Waals surface area contributed by atoms with Gasteiger partial charge in [0.15, 0.2) is 0 Å². The molecule has 0 fully saturated rings. The van der Waals surface area contributed by atoms with Crippen LogP contribution in [0.2, 0.25) is 0 Å². The third kappa shape index (κ3) is 3.89. The van der Waals surface area contributed by atoms with Gasteiger partial charge in [-0.1, -0.05) is 70.6 Å². The monoisotopic (exact) mass is 384 g/mol. The Bertz CT molecular complexity index is 824. The van der Waals surface area contributed by atoms with Crippen LogP contribution in [0.25, 0.3) is 11.3 Å². The number of thiocarbonyl (C=S) groups is 1. The largest absolute Gasteiger partial charge is 0.389 e. The Hall–Kier alpha value is -1.91. The molecule has 0 bridgehead atoms. The summed E-state index contributed by atoms with van der Waals surface area (Å²) in [7, 11) is 0. The predicted octanol–water partition coefficient (Wildman–Crippen LogP) is 4.86. The van der Waals surface area contributed by atoms with Gasteiger partial charge in [0.25, 0.3) is 0 Å². The van der Waals surface area contributed by atoms with E-state index in [0.717, 1.165) is 39.8 Å². The van der Waals surface area contributed by atoms with Crippen LogP contribution in [-0.4, -0.2) is 9.97 Å². The second-order valence-corrected chi connectivity index (χ2v) is 6.79. The second kappa shape index (κ2) is 7.11. The van der Waals surface area contributed by atoms with Gasteiger partial charge in [0, 0.05) is 21.4 Å². The number of benzene rings is 2. The van der Waals surface area contributed by atoms with Crippen LogP contribution in [0.5, 0.6) is 0 Å². The van der Waals surface area contributed by atoms with E-state index in [-0.39, 0.29) is 0 Å². The number of hydrogen-bond donors (Lipinski definition) is 2. The molecular formula is C19H17BrN2S. The normalized spacial score (nSPS) is 10.7. The molecule has 0 amide bonds. The summed E-state index contributed by atoms with van der Waals surface area (Å²) in [4.78, 5) is 3.92. The fraction of sp³-hybridized carbons (Fsp3) is 0.105. The average molecular weight is 385 g/mol. The smallest absolute Gasteiger partial charge is 0.105 e. The lowest BCUT2D eigenvalue weighted by Gasteiger charge is -2.03. The van der Waals surface area contributed by atoms with Gasteiger partial charge in [-0.3, -0.25) is 0 Å². The minimum Gasteiger partial charge on any atom is -0.389 e. The standard InChI is InChI=1S/C19H17BrN2S/c20-15-8-4-7-14(11-15)18-12-16(19(21)23)17(22-18)10-9-13-5-2-1-3-6-13/h1-8,11-12,22H,9-10H2,(H2,21,23). The van der Waals surface area contributed by atoms with E-state index in [4.69, 9.17) is 18.0 Å². The van der Waals surface area contributed by atoms with E-state index in [1.807, 2.05) is 24.3 Å². The number of halogens is 1. The molecule has 0 aliphatic rings. The molecule has 3 aromatic rings. The molecule has 3 N–H and O–H groups in total. The third-order valence-electron chi connectivity index (χ3n) is 3.81. The summed E-state index contributed by atoms with van der Waals surface area (Å²) in [5.74, 6) is 0. The zero-order chi connectivity index (χ0) is 16.2. The molecule has 2 aromatic carbocycles. The Balaban J connectivity index is 1.88. The van der Waals surface area contributed by atoms with Crippen molar-refractivity contribution in [2.45, 2.75) is 12.8 Å². The number of H-pyrrole nitrogens is 1. The Morgan fingerprint density at radius 3 is 2.48 bits per heavy atom. The molecule has 0 atom stereocenters. The summed E-state index contributed by atoms with van der Waals surface area (Å²) in [6.07, 6.45) is 1.83. The van der Waals surface area contributed by atoms with Crippen LogP contribution >= 0.6 is 28.1 Å². The zero-order valence-corrected chi connectivity index (χ0v) is 15.0. The lowest BCUT2D eigenvalue weighted by Crippen LogP contribution is -2.11. The van der Waals surface area contributed by atoms with Crippen molar-refractivity contribution in [2.75, 3.05) is 0 Å². The molecular weight excluding hydrogens is 368 g/mol. The summed E-state index contributed by atoms with van der Waals surface area (Å²) >= 11 is 8.73. The molecule has 0 aliphatic carbocycles. The maximum Gasteiger partial charge on any atom is 0.105 e. The van der Waals surface area contributed by atoms with Crippen LogP contribution in [0.4, 0.5) is 0 Å². The summed E-state index contributed by atoms with van der Waals surface area (Å²) < 4.78 is 1.05. The fourth-order valence-corrected chi connectivity index (χ4v) is 3.22. The van der Waals surface area contributed by atoms with E-state index >= 15 is 0 Å². The summed E-state index contributed by atoms with van der Waals surface area (Å²) in [5.41, 5.74) is 11.4. The van der Waals surface area contributed by atoms with Crippen LogP contribution in [-0.2, 0) is 12.8 Å². The summed E-state index contributed by atoms with van der Waals surface area (Å²) in [5, 5.41) is 0. The topological polar surface area (TPSA) is 41.8 Å². The van der Waals surface area contributed by atoms with E-state index in [2.05, 4.69) is 57.3 Å². The highest BCUT2D eigenvalue weighted by Gasteiger charge is 2.12. The zero-order valence-electron chi connectivity index (χ0n) is 12.6.